The van der Waals surface area contributed by atoms with E-state index in [-0.39, 0.29) is 45.5 Å². The molecule has 1 unspecified atom stereocenters. The van der Waals surface area contributed by atoms with Crippen LogP contribution in [0.5, 0.6) is 5.75 Å². The second-order valence-electron chi connectivity index (χ2n) is 11.8. The molecule has 0 radical (unpaired) electrons. The minimum absolute atomic E-state index is 0.00599. The van der Waals surface area contributed by atoms with Crippen LogP contribution < -0.4 is 11.5 Å². The van der Waals surface area contributed by atoms with Crippen molar-refractivity contribution in [3.8, 4) is 5.75 Å². The van der Waals surface area contributed by atoms with Gasteiger partial charge in [-0.3, -0.25) is 27.2 Å². The molecule has 0 spiro atoms. The zero-order valence-corrected chi connectivity index (χ0v) is 30.2. The van der Waals surface area contributed by atoms with E-state index in [1.807, 2.05) is 0 Å². The minimum Gasteiger partial charge on any atom is -0.508 e. The van der Waals surface area contributed by atoms with Crippen molar-refractivity contribution in [3.05, 3.63) is 55.1 Å². The van der Waals surface area contributed by atoms with Crippen molar-refractivity contribution in [1.82, 2.24) is 39.0 Å². The first-order valence-electron chi connectivity index (χ1n) is 15.6. The highest BCUT2D eigenvalue weighted by Gasteiger charge is 2.53. The highest BCUT2D eigenvalue weighted by molar-refractivity contribution is 8.54. The molecule has 0 amide bonds. The lowest BCUT2D eigenvalue weighted by atomic mass is 10.1. The van der Waals surface area contributed by atoms with E-state index in [0.717, 1.165) is 13.4 Å². The van der Waals surface area contributed by atoms with Gasteiger partial charge in [0.2, 0.25) is 0 Å². The van der Waals surface area contributed by atoms with E-state index in [4.69, 9.17) is 34.5 Å². The van der Waals surface area contributed by atoms with Gasteiger partial charge in [0.05, 0.1) is 25.4 Å². The van der Waals surface area contributed by atoms with E-state index in [1.54, 1.807) is 12.1 Å². The third-order valence-electron chi connectivity index (χ3n) is 8.45. The summed E-state index contributed by atoms with van der Waals surface area (Å²) in [6.07, 6.45) is -8.06. The normalized spacial score (nSPS) is 28.4. The number of benzene rings is 1. The summed E-state index contributed by atoms with van der Waals surface area (Å²) in [5.74, 6) is 0.0608. The Balaban J connectivity index is 1.16. The van der Waals surface area contributed by atoms with Gasteiger partial charge in [-0.15, -0.1) is 0 Å². The van der Waals surface area contributed by atoms with Gasteiger partial charge in [0.25, 0.3) is 0 Å². The SMILES string of the molecule is COP(=O)(O)O[C@H]1[C@@H](F)[C@H](n2cnc3c(N)ncnc32)O[C@@H]1CO[P@](=O)(O[C@H]1[C@@H](F)[C@H](n2cnc3c(N)ncnc32)O[C@@H]1C)SCc1ccc(O)cc1. The van der Waals surface area contributed by atoms with Crippen LogP contribution in [-0.2, 0) is 42.5 Å². The fourth-order valence-electron chi connectivity index (χ4n) is 5.80. The van der Waals surface area contributed by atoms with Gasteiger partial charge >= 0.3 is 14.6 Å². The number of phenols is 1. The average molecular weight is 801 g/mol. The standard InChI is InChI=1S/C28H32F2N10O10P2S/c1-13-21(17(29)27(47-13)39-11-37-19-23(31)33-9-35-25(19)39)50-52(44,53-8-14-3-5-15(41)6-4-14)46-7-16-22(49-51(42,43)45-2)18(30)28(48-16)40-12-38-20-24(32)34-10-36-26(20)40/h3-6,9-13,16-18,21-22,27-28,41H,7-8H2,1-2H3,(H,42,43)(H2,31,33,35)(H2,32,34,36)/t13-,16-,17-,18-,21-,22-,27-,28-,52-/m1/s1. The van der Waals surface area contributed by atoms with E-state index in [9.17, 15) is 19.1 Å². The zero-order valence-electron chi connectivity index (χ0n) is 27.6. The topological polar surface area (TPSA) is 269 Å². The smallest absolute Gasteiger partial charge is 0.472 e. The van der Waals surface area contributed by atoms with Crippen LogP contribution in [0.3, 0.4) is 0 Å². The number of phosphoric ester groups is 1. The predicted molar refractivity (Wildman–Crippen MR) is 182 cm³/mol. The molecule has 284 valence electrons. The number of phenolic OH excluding ortho intramolecular Hbond substituents is 1. The van der Waals surface area contributed by atoms with Crippen molar-refractivity contribution < 1.29 is 55.5 Å². The monoisotopic (exact) mass is 800 g/mol. The maximum Gasteiger partial charge on any atom is 0.472 e. The van der Waals surface area contributed by atoms with Crippen LogP contribution in [0.25, 0.3) is 22.3 Å². The molecular weight excluding hydrogens is 768 g/mol. The number of halogens is 2. The molecule has 7 rings (SSSR count). The first-order chi connectivity index (χ1) is 25.3. The van der Waals surface area contributed by atoms with Crippen LogP contribution in [0.4, 0.5) is 20.4 Å². The second-order valence-corrected chi connectivity index (χ2v) is 17.4. The number of aromatic hydroxyl groups is 1. The molecule has 6 N–H and O–H groups in total. The highest BCUT2D eigenvalue weighted by atomic mass is 32.7. The summed E-state index contributed by atoms with van der Waals surface area (Å²) in [4.78, 5) is 34.4. The van der Waals surface area contributed by atoms with E-state index in [2.05, 4.69) is 34.4 Å². The number of fused-ring (bicyclic) bond motifs is 2. The summed E-state index contributed by atoms with van der Waals surface area (Å²) in [5, 5.41) is 9.72. The molecular formula is C28H32F2N10O10P2S. The number of nitrogens with zero attached hydrogens (tertiary/aromatic N) is 8. The van der Waals surface area contributed by atoms with E-state index >= 15 is 8.78 Å². The summed E-state index contributed by atoms with van der Waals surface area (Å²) >= 11 is 0.668. The molecule has 2 aliphatic heterocycles. The number of rotatable bonds is 13. The lowest BCUT2D eigenvalue weighted by molar-refractivity contribution is -0.0446. The molecule has 6 heterocycles. The number of hydrogen-bond acceptors (Lipinski definition) is 18. The van der Waals surface area contributed by atoms with Crippen LogP contribution in [0.15, 0.2) is 49.6 Å². The average Bonchev–Trinajstić information content (AvgIpc) is 3.90. The molecule has 53 heavy (non-hydrogen) atoms. The van der Waals surface area contributed by atoms with E-state index in [1.165, 1.54) is 47.2 Å². The first-order valence-corrected chi connectivity index (χ1v) is 20.3. The lowest BCUT2D eigenvalue weighted by Crippen LogP contribution is -2.34. The van der Waals surface area contributed by atoms with Gasteiger partial charge < -0.3 is 30.9 Å². The summed E-state index contributed by atoms with van der Waals surface area (Å²) in [6, 6.07) is 5.97. The third-order valence-corrected chi connectivity index (χ3v) is 13.1. The molecule has 10 atom stereocenters. The van der Waals surface area contributed by atoms with Crippen molar-refractivity contribution in [2.24, 2.45) is 0 Å². The maximum atomic E-state index is 16.3. The quantitative estimate of drug-likeness (QED) is 0.124. The van der Waals surface area contributed by atoms with E-state index in [0.29, 0.717) is 16.9 Å². The molecule has 25 heteroatoms. The number of anilines is 2. The zero-order chi connectivity index (χ0) is 37.7. The molecule has 1 aromatic carbocycles. The van der Waals surface area contributed by atoms with Gasteiger partial charge in [0.15, 0.2) is 47.7 Å². The number of alkyl halides is 2. The van der Waals surface area contributed by atoms with Gasteiger partial charge in [0.1, 0.15) is 47.7 Å². The Bertz CT molecular complexity index is 2200. The molecule has 2 aliphatic rings. The van der Waals surface area contributed by atoms with Gasteiger partial charge in [-0.2, -0.15) is 0 Å². The van der Waals surface area contributed by atoms with Crippen LogP contribution in [-0.4, -0.2) is 99.5 Å². The fourth-order valence-corrected chi connectivity index (χ4v) is 9.87. The van der Waals surface area contributed by atoms with Gasteiger partial charge in [-0.05, 0) is 36.0 Å². The summed E-state index contributed by atoms with van der Waals surface area (Å²) in [7, 11) is -3.95. The first kappa shape index (κ1) is 37.4. The fraction of sp³-hybridized carbons (Fsp3) is 0.429. The number of aromatic nitrogens is 8. The number of nitrogen functional groups attached to an aromatic ring is 2. The summed E-state index contributed by atoms with van der Waals surface area (Å²) < 4.78 is 95.4. The Morgan fingerprint density at radius 2 is 1.43 bits per heavy atom. The third kappa shape index (κ3) is 7.46. The number of nitrogens with two attached hydrogens (primary N) is 2. The van der Waals surface area contributed by atoms with Crippen molar-refractivity contribution in [2.45, 2.75) is 61.9 Å². The van der Waals surface area contributed by atoms with Crippen molar-refractivity contribution in [2.75, 3.05) is 25.2 Å². The van der Waals surface area contributed by atoms with Crippen LogP contribution in [0, 0.1) is 0 Å². The molecule has 4 aromatic heterocycles. The van der Waals surface area contributed by atoms with Gasteiger partial charge in [-0.1, -0.05) is 12.1 Å². The number of ether oxygens (including phenoxy) is 2. The number of phosphoric acid groups is 1. The van der Waals surface area contributed by atoms with Crippen LogP contribution in [0.1, 0.15) is 24.9 Å². The number of hydrogen-bond donors (Lipinski definition) is 4. The van der Waals surface area contributed by atoms with Crippen LogP contribution in [0.2, 0.25) is 0 Å². The molecule has 20 nitrogen and oxygen atoms in total. The lowest BCUT2D eigenvalue weighted by Gasteiger charge is -2.26. The van der Waals surface area contributed by atoms with Crippen LogP contribution >= 0.6 is 26.0 Å². The highest BCUT2D eigenvalue weighted by Crippen LogP contribution is 2.64. The minimum atomic E-state index is -4.83. The Labute approximate surface area is 302 Å². The van der Waals surface area contributed by atoms with Crippen molar-refractivity contribution >= 4 is 60.0 Å². The summed E-state index contributed by atoms with van der Waals surface area (Å²) in [5.41, 5.74) is 13.0. The largest absolute Gasteiger partial charge is 0.508 e. The molecule has 0 saturated carbocycles. The predicted octanol–water partition coefficient (Wildman–Crippen LogP) is 3.60. The summed E-state index contributed by atoms with van der Waals surface area (Å²) in [6.45, 7) is -3.72. The van der Waals surface area contributed by atoms with Crippen molar-refractivity contribution in [3.63, 3.8) is 0 Å². The maximum absolute atomic E-state index is 16.3. The Kier molecular flexibility index (Phi) is 10.4. The Morgan fingerprint density at radius 1 is 0.868 bits per heavy atom. The number of imidazole rings is 2. The molecule has 0 bridgehead atoms. The van der Waals surface area contributed by atoms with E-state index < -0.39 is 70.4 Å². The molecule has 2 fully saturated rings. The molecule has 2 saturated heterocycles. The second kappa shape index (κ2) is 14.7. The molecule has 0 aliphatic carbocycles. The Morgan fingerprint density at radius 3 is 2.02 bits per heavy atom. The van der Waals surface area contributed by atoms with Gasteiger partial charge in [0, 0.05) is 12.9 Å². The van der Waals surface area contributed by atoms with Crippen molar-refractivity contribution in [1.29, 1.82) is 0 Å². The molecule has 5 aromatic rings. The van der Waals surface area contributed by atoms with Gasteiger partial charge in [-0.25, -0.2) is 47.8 Å². The Hall–Kier alpha value is -3.89.